The van der Waals surface area contributed by atoms with Crippen LogP contribution < -0.4 is 10.5 Å². The van der Waals surface area contributed by atoms with Gasteiger partial charge in [0, 0.05) is 5.56 Å². The van der Waals surface area contributed by atoms with E-state index < -0.39 is 0 Å². The third-order valence-corrected chi connectivity index (χ3v) is 3.44. The zero-order valence-corrected chi connectivity index (χ0v) is 12.2. The number of carbonyl (C=O) groups is 1. The fraction of sp³-hybridized carbons (Fsp3) is 0.267. The lowest BCUT2D eigenvalue weighted by molar-refractivity contribution is 0.112. The number of rotatable bonds is 4. The molecule has 1 aromatic carbocycles. The summed E-state index contributed by atoms with van der Waals surface area (Å²) in [6.07, 6.45) is 0.653. The lowest BCUT2D eigenvalue weighted by atomic mass is 10.0. The zero-order chi connectivity index (χ0) is 15.6. The highest BCUT2D eigenvalue weighted by Crippen LogP contribution is 2.35. The van der Waals surface area contributed by atoms with Crippen molar-refractivity contribution in [2.24, 2.45) is 0 Å². The monoisotopic (exact) mass is 284 g/mol. The van der Waals surface area contributed by atoms with Gasteiger partial charge in [0.1, 0.15) is 23.8 Å². The molecule has 2 N–H and O–H groups in total. The number of nitrogen functional groups attached to an aromatic ring is 1. The fourth-order valence-electron chi connectivity index (χ4n) is 2.14. The molecular weight excluding hydrogens is 268 g/mol. The summed E-state index contributed by atoms with van der Waals surface area (Å²) >= 11 is 0. The van der Waals surface area contributed by atoms with Gasteiger partial charge in [-0.15, -0.1) is 0 Å². The lowest BCUT2D eigenvalue weighted by Gasteiger charge is -2.10. The molecule has 0 amide bonds. The van der Waals surface area contributed by atoms with Crippen molar-refractivity contribution in [1.29, 1.82) is 5.26 Å². The minimum atomic E-state index is -0.0141. The third kappa shape index (κ3) is 2.46. The number of aromatic nitrogens is 2. The van der Waals surface area contributed by atoms with Crippen LogP contribution in [0.5, 0.6) is 5.75 Å². The summed E-state index contributed by atoms with van der Waals surface area (Å²) in [6, 6.07) is 5.75. The molecule has 1 heterocycles. The first-order chi connectivity index (χ1) is 10.0. The summed E-state index contributed by atoms with van der Waals surface area (Å²) < 4.78 is 6.69. The Kier molecular flexibility index (Phi) is 3.94. The number of nitrogens with two attached hydrogens (primary N) is 1. The van der Waals surface area contributed by atoms with Crippen LogP contribution in [0.2, 0.25) is 0 Å². The molecule has 6 nitrogen and oxygen atoms in total. The average molecular weight is 284 g/mol. The summed E-state index contributed by atoms with van der Waals surface area (Å²) in [7, 11) is 1.56. The fourth-order valence-corrected chi connectivity index (χ4v) is 2.14. The van der Waals surface area contributed by atoms with Crippen molar-refractivity contribution in [2.45, 2.75) is 20.4 Å². The first kappa shape index (κ1) is 14.6. The summed E-state index contributed by atoms with van der Waals surface area (Å²) in [4.78, 5) is 11.3. The van der Waals surface area contributed by atoms with Crippen LogP contribution in [0.4, 0.5) is 5.82 Å². The SMILES string of the molecule is COc1cc(C)c(C)cc1-c1nn(CC#N)c(N)c1C=O. The molecule has 0 bridgehead atoms. The minimum Gasteiger partial charge on any atom is -0.496 e. The van der Waals surface area contributed by atoms with E-state index in [1.54, 1.807) is 7.11 Å². The van der Waals surface area contributed by atoms with E-state index in [1.165, 1.54) is 4.68 Å². The average Bonchev–Trinajstić information content (AvgIpc) is 2.78. The third-order valence-electron chi connectivity index (χ3n) is 3.44. The Morgan fingerprint density at radius 1 is 1.43 bits per heavy atom. The van der Waals surface area contributed by atoms with Gasteiger partial charge < -0.3 is 10.5 Å². The first-order valence-corrected chi connectivity index (χ1v) is 6.37. The number of benzene rings is 1. The summed E-state index contributed by atoms with van der Waals surface area (Å²) in [5.41, 5.74) is 9.39. The van der Waals surface area contributed by atoms with Crippen LogP contribution in [0, 0.1) is 25.2 Å². The van der Waals surface area contributed by atoms with Gasteiger partial charge in [0.05, 0.1) is 18.7 Å². The molecule has 0 fully saturated rings. The Hall–Kier alpha value is -2.81. The van der Waals surface area contributed by atoms with Crippen molar-refractivity contribution in [3.05, 3.63) is 28.8 Å². The molecule has 108 valence electrons. The van der Waals surface area contributed by atoms with E-state index >= 15 is 0 Å². The molecule has 0 unspecified atom stereocenters. The van der Waals surface area contributed by atoms with E-state index in [4.69, 9.17) is 15.7 Å². The van der Waals surface area contributed by atoms with Gasteiger partial charge in [-0.1, -0.05) is 0 Å². The van der Waals surface area contributed by atoms with Gasteiger partial charge in [-0.3, -0.25) is 4.79 Å². The zero-order valence-electron chi connectivity index (χ0n) is 12.2. The van der Waals surface area contributed by atoms with Crippen LogP contribution in [-0.2, 0) is 6.54 Å². The van der Waals surface area contributed by atoms with E-state index in [0.29, 0.717) is 23.3 Å². The van der Waals surface area contributed by atoms with Gasteiger partial charge in [0.2, 0.25) is 0 Å². The van der Waals surface area contributed by atoms with Crippen LogP contribution in [-0.4, -0.2) is 23.2 Å². The molecule has 0 aliphatic rings. The maximum atomic E-state index is 11.3. The first-order valence-electron chi connectivity index (χ1n) is 6.37. The molecule has 0 aliphatic carbocycles. The molecule has 0 saturated heterocycles. The molecular formula is C15H16N4O2. The highest BCUT2D eigenvalue weighted by molar-refractivity contribution is 5.93. The maximum Gasteiger partial charge on any atom is 0.156 e. The van der Waals surface area contributed by atoms with Gasteiger partial charge in [0.25, 0.3) is 0 Å². The van der Waals surface area contributed by atoms with Crippen molar-refractivity contribution in [3.8, 4) is 23.1 Å². The molecule has 0 atom stereocenters. The van der Waals surface area contributed by atoms with E-state index in [0.717, 1.165) is 11.1 Å². The summed E-state index contributed by atoms with van der Waals surface area (Å²) in [5, 5.41) is 13.1. The number of carbonyl (C=O) groups excluding carboxylic acids is 1. The molecule has 0 spiro atoms. The largest absolute Gasteiger partial charge is 0.496 e. The number of aldehydes is 1. The van der Waals surface area contributed by atoms with Gasteiger partial charge in [-0.25, -0.2) is 4.68 Å². The van der Waals surface area contributed by atoms with Gasteiger partial charge >= 0.3 is 0 Å². The van der Waals surface area contributed by atoms with Gasteiger partial charge in [0.15, 0.2) is 6.29 Å². The second-order valence-corrected chi connectivity index (χ2v) is 4.72. The molecule has 0 radical (unpaired) electrons. The highest BCUT2D eigenvalue weighted by Gasteiger charge is 2.20. The van der Waals surface area contributed by atoms with E-state index in [2.05, 4.69) is 5.10 Å². The van der Waals surface area contributed by atoms with Crippen LogP contribution >= 0.6 is 0 Å². The van der Waals surface area contributed by atoms with E-state index in [-0.39, 0.29) is 17.9 Å². The predicted octanol–water partition coefficient (Wildman–Crippen LogP) is 2.09. The summed E-state index contributed by atoms with van der Waals surface area (Å²) in [5.74, 6) is 0.796. The van der Waals surface area contributed by atoms with Crippen LogP contribution in [0.15, 0.2) is 12.1 Å². The van der Waals surface area contributed by atoms with Crippen LogP contribution in [0.1, 0.15) is 21.5 Å². The lowest BCUT2D eigenvalue weighted by Crippen LogP contribution is -2.03. The highest BCUT2D eigenvalue weighted by atomic mass is 16.5. The van der Waals surface area contributed by atoms with Gasteiger partial charge in [-0.05, 0) is 37.1 Å². The molecule has 2 aromatic rings. The Balaban J connectivity index is 2.72. The minimum absolute atomic E-state index is 0.0141. The number of methoxy groups -OCH3 is 1. The molecule has 21 heavy (non-hydrogen) atoms. The van der Waals surface area contributed by atoms with Crippen molar-refractivity contribution in [3.63, 3.8) is 0 Å². The number of anilines is 1. The van der Waals surface area contributed by atoms with Crippen LogP contribution in [0.3, 0.4) is 0 Å². The quantitative estimate of drug-likeness (QED) is 0.867. The topological polar surface area (TPSA) is 93.9 Å². The Morgan fingerprint density at radius 3 is 2.67 bits per heavy atom. The number of ether oxygens (including phenoxy) is 1. The summed E-state index contributed by atoms with van der Waals surface area (Å²) in [6.45, 7) is 3.93. The van der Waals surface area contributed by atoms with Crippen molar-refractivity contribution < 1.29 is 9.53 Å². The smallest absolute Gasteiger partial charge is 0.156 e. The molecule has 0 aliphatic heterocycles. The normalized spacial score (nSPS) is 10.2. The van der Waals surface area contributed by atoms with E-state index in [1.807, 2.05) is 32.0 Å². The molecule has 1 aromatic heterocycles. The van der Waals surface area contributed by atoms with E-state index in [9.17, 15) is 4.79 Å². The molecule has 2 rings (SSSR count). The predicted molar refractivity (Wildman–Crippen MR) is 79.1 cm³/mol. The Morgan fingerprint density at radius 2 is 2.10 bits per heavy atom. The number of aryl methyl sites for hydroxylation is 2. The Bertz CT molecular complexity index is 741. The second kappa shape index (κ2) is 5.67. The van der Waals surface area contributed by atoms with Crippen molar-refractivity contribution >= 4 is 12.1 Å². The Labute approximate surface area is 122 Å². The van der Waals surface area contributed by atoms with Crippen molar-refractivity contribution in [1.82, 2.24) is 9.78 Å². The number of hydrogen-bond donors (Lipinski definition) is 1. The number of hydrogen-bond acceptors (Lipinski definition) is 5. The van der Waals surface area contributed by atoms with Crippen molar-refractivity contribution in [2.75, 3.05) is 12.8 Å². The maximum absolute atomic E-state index is 11.3. The van der Waals surface area contributed by atoms with Crippen LogP contribution in [0.25, 0.3) is 11.3 Å². The standard InChI is InChI=1S/C15H16N4O2/c1-9-6-11(13(21-3)7-10(9)2)14-12(8-20)15(17)19(18-14)5-4-16/h6-8H,5,17H2,1-3H3. The number of nitriles is 1. The second-order valence-electron chi connectivity index (χ2n) is 4.72. The molecule has 6 heteroatoms. The molecule has 0 saturated carbocycles. The number of nitrogens with zero attached hydrogens (tertiary/aromatic N) is 3. The van der Waals surface area contributed by atoms with Gasteiger partial charge in [-0.2, -0.15) is 10.4 Å².